The fourth-order valence-corrected chi connectivity index (χ4v) is 0.333. The van der Waals surface area contributed by atoms with E-state index in [1.54, 1.807) is 13.8 Å². The Balaban J connectivity index is -0.0000000720. The highest BCUT2D eigenvalue weighted by atomic mass is 16.8. The molecule has 0 saturated carbocycles. The lowest BCUT2D eigenvalue weighted by Gasteiger charge is -2.07. The monoisotopic (exact) mass is 196 g/mol. The lowest BCUT2D eigenvalue weighted by atomic mass is 10.8. The van der Waals surface area contributed by atoms with Crippen LogP contribution >= 0.6 is 0 Å². The Kier molecular flexibility index (Phi) is 39.6. The average molecular weight is 196 g/mol. The highest BCUT2D eigenvalue weighted by Gasteiger charge is 1.97. The van der Waals surface area contributed by atoms with Crippen LogP contribution < -0.4 is 0 Å². The van der Waals surface area contributed by atoms with Gasteiger partial charge < -0.3 is 19.7 Å². The Hall–Kier alpha value is -0.580. The summed E-state index contributed by atoms with van der Waals surface area (Å²) in [4.78, 5) is 0. The summed E-state index contributed by atoms with van der Waals surface area (Å²) in [6.45, 7) is 6.41. The van der Waals surface area contributed by atoms with E-state index in [9.17, 15) is 0 Å². The van der Waals surface area contributed by atoms with Gasteiger partial charge in [0.15, 0.2) is 0 Å². The second-order valence-electron chi connectivity index (χ2n) is 1.40. The fourth-order valence-electron chi connectivity index (χ4n) is 0.333. The highest BCUT2D eigenvalue weighted by molar-refractivity contribution is 4.38. The van der Waals surface area contributed by atoms with Crippen LogP contribution in [0, 0.1) is 0 Å². The number of aliphatic hydroxyl groups is 2. The van der Waals surface area contributed by atoms with Gasteiger partial charge in [-0.05, 0) is 13.8 Å². The molecule has 4 nitrogen and oxygen atoms in total. The summed E-state index contributed by atoms with van der Waals surface area (Å²) in [6.07, 6.45) is 0.750. The van der Waals surface area contributed by atoms with Gasteiger partial charge in [0.05, 0.1) is 6.26 Å². The van der Waals surface area contributed by atoms with Gasteiger partial charge in [-0.15, -0.1) is 0 Å². The van der Waals surface area contributed by atoms with Gasteiger partial charge >= 0.3 is 0 Å². The molecule has 0 bridgehead atoms. The third-order valence-electron chi connectivity index (χ3n) is 0.618. The van der Waals surface area contributed by atoms with Crippen LogP contribution in [-0.4, -0.2) is 29.9 Å². The zero-order valence-electron chi connectivity index (χ0n) is 6.99. The van der Waals surface area contributed by atoms with Crippen molar-refractivity contribution >= 4 is 0 Å². The van der Waals surface area contributed by atoms with Crippen molar-refractivity contribution in [2.24, 2.45) is 0 Å². The molecule has 0 atom stereocenters. The Morgan fingerprint density at radius 2 is 1.46 bits per heavy atom. The molecule has 0 amide bonds. The predicted octanol–water partition coefficient (Wildman–Crippen LogP) is 2.30. The smallest absolute Gasteiger partial charge is 0.269 e. The van der Waals surface area contributed by atoms with Crippen molar-refractivity contribution in [3.05, 3.63) is 12.8 Å². The van der Waals surface area contributed by atoms with E-state index in [1.807, 2.05) is 0 Å². The standard InChI is InChI=1S/C5H12O3.C2H4O.2CH4/c1-3-7-5(6)8-4-2;1-2-3;;/h5-6H,3-4H2,1-2H3;2-3H,1H2;2*1H4. The molecule has 0 aliphatic heterocycles. The number of rotatable bonds is 4. The fraction of sp³-hybridized carbons (Fsp3) is 0.778. The van der Waals surface area contributed by atoms with E-state index < -0.39 is 6.48 Å². The van der Waals surface area contributed by atoms with Crippen molar-refractivity contribution in [3.8, 4) is 0 Å². The lowest BCUT2D eigenvalue weighted by Crippen LogP contribution is -2.15. The van der Waals surface area contributed by atoms with Crippen LogP contribution in [0.1, 0.15) is 28.7 Å². The SMILES string of the molecule is C.C.C=CO.CCOC(O)OCC. The Morgan fingerprint density at radius 3 is 1.62 bits per heavy atom. The van der Waals surface area contributed by atoms with Crippen molar-refractivity contribution < 1.29 is 19.7 Å². The van der Waals surface area contributed by atoms with E-state index in [4.69, 9.17) is 10.2 Å². The molecule has 0 unspecified atom stereocenters. The molecule has 0 aromatic heterocycles. The molecule has 0 aromatic rings. The van der Waals surface area contributed by atoms with E-state index in [-0.39, 0.29) is 14.9 Å². The molecule has 2 N–H and O–H groups in total. The van der Waals surface area contributed by atoms with Gasteiger partial charge in [-0.25, -0.2) is 0 Å². The van der Waals surface area contributed by atoms with Crippen LogP contribution in [0.4, 0.5) is 0 Å². The summed E-state index contributed by atoms with van der Waals surface area (Å²) in [5.74, 6) is 0. The second-order valence-corrected chi connectivity index (χ2v) is 1.40. The second kappa shape index (κ2) is 22.5. The molecule has 0 heterocycles. The van der Waals surface area contributed by atoms with Crippen molar-refractivity contribution in [3.63, 3.8) is 0 Å². The molecule has 4 heteroatoms. The molecule has 0 aliphatic rings. The molecular weight excluding hydrogens is 172 g/mol. The van der Waals surface area contributed by atoms with Gasteiger partial charge in [0.2, 0.25) is 0 Å². The molecule has 84 valence electrons. The van der Waals surface area contributed by atoms with Crippen LogP contribution in [0.3, 0.4) is 0 Å². The van der Waals surface area contributed by atoms with E-state index in [1.165, 1.54) is 0 Å². The summed E-state index contributed by atoms with van der Waals surface area (Å²) in [6, 6.07) is 0. The Labute approximate surface area is 81.8 Å². The Morgan fingerprint density at radius 1 is 1.23 bits per heavy atom. The highest BCUT2D eigenvalue weighted by Crippen LogP contribution is 1.86. The van der Waals surface area contributed by atoms with Crippen molar-refractivity contribution in [2.45, 2.75) is 35.2 Å². The average Bonchev–Trinajstić information content (AvgIpc) is 1.90. The number of ether oxygens (including phenoxy) is 2. The first-order chi connectivity index (χ1) is 5.22. The van der Waals surface area contributed by atoms with Gasteiger partial charge in [-0.2, -0.15) is 0 Å². The minimum Gasteiger partial charge on any atom is -0.516 e. The molecule has 0 spiro atoms. The third-order valence-corrected chi connectivity index (χ3v) is 0.618. The summed E-state index contributed by atoms with van der Waals surface area (Å²) >= 11 is 0. The molecule has 0 saturated heterocycles. The van der Waals surface area contributed by atoms with Gasteiger partial charge in [-0.3, -0.25) is 0 Å². The first-order valence-corrected chi connectivity index (χ1v) is 3.39. The summed E-state index contributed by atoms with van der Waals surface area (Å²) in [5, 5.41) is 15.9. The molecule has 0 aliphatic carbocycles. The topological polar surface area (TPSA) is 58.9 Å². The van der Waals surface area contributed by atoms with E-state index >= 15 is 0 Å². The zero-order chi connectivity index (χ0) is 9.11. The first kappa shape index (κ1) is 22.8. The third kappa shape index (κ3) is 34.5. The zero-order valence-corrected chi connectivity index (χ0v) is 6.99. The van der Waals surface area contributed by atoms with E-state index in [0.29, 0.717) is 13.2 Å². The van der Waals surface area contributed by atoms with Crippen molar-refractivity contribution in [2.75, 3.05) is 13.2 Å². The first-order valence-electron chi connectivity index (χ1n) is 3.39. The van der Waals surface area contributed by atoms with Gasteiger partial charge in [-0.1, -0.05) is 21.4 Å². The summed E-state index contributed by atoms with van der Waals surface area (Å²) < 4.78 is 9.23. The number of aliphatic hydroxyl groups excluding tert-OH is 2. The molecular formula is C9H24O4. The van der Waals surface area contributed by atoms with Crippen LogP contribution in [0.25, 0.3) is 0 Å². The minimum absolute atomic E-state index is 0. The normalized spacial score (nSPS) is 7.38. The maximum absolute atomic E-state index is 8.60. The maximum Gasteiger partial charge on any atom is 0.269 e. The van der Waals surface area contributed by atoms with Gasteiger partial charge in [0.1, 0.15) is 0 Å². The van der Waals surface area contributed by atoms with Gasteiger partial charge in [0, 0.05) is 13.2 Å². The summed E-state index contributed by atoms with van der Waals surface area (Å²) in [5.41, 5.74) is 0. The molecule has 0 rings (SSSR count). The molecule has 0 fully saturated rings. The lowest BCUT2D eigenvalue weighted by molar-refractivity contribution is -0.258. The molecule has 0 aromatic carbocycles. The maximum atomic E-state index is 8.60. The van der Waals surface area contributed by atoms with Crippen LogP contribution in [0.15, 0.2) is 12.8 Å². The van der Waals surface area contributed by atoms with E-state index in [2.05, 4.69) is 16.1 Å². The van der Waals surface area contributed by atoms with Crippen molar-refractivity contribution in [1.29, 1.82) is 0 Å². The number of hydrogen-bond acceptors (Lipinski definition) is 4. The Bertz CT molecular complexity index is 70.0. The van der Waals surface area contributed by atoms with E-state index in [0.717, 1.165) is 6.26 Å². The largest absolute Gasteiger partial charge is 0.516 e. The number of hydrogen-bond donors (Lipinski definition) is 2. The summed E-state index contributed by atoms with van der Waals surface area (Å²) in [7, 11) is 0. The molecule has 0 radical (unpaired) electrons. The quantitative estimate of drug-likeness (QED) is 0.535. The minimum atomic E-state index is -1.04. The molecule has 13 heavy (non-hydrogen) atoms. The van der Waals surface area contributed by atoms with Crippen LogP contribution in [-0.2, 0) is 9.47 Å². The van der Waals surface area contributed by atoms with Crippen molar-refractivity contribution in [1.82, 2.24) is 0 Å². The van der Waals surface area contributed by atoms with Gasteiger partial charge in [0.25, 0.3) is 6.48 Å². The predicted molar refractivity (Wildman–Crippen MR) is 55.5 cm³/mol. The van der Waals surface area contributed by atoms with Crippen LogP contribution in [0.5, 0.6) is 0 Å². The van der Waals surface area contributed by atoms with Crippen LogP contribution in [0.2, 0.25) is 0 Å².